The van der Waals surface area contributed by atoms with Crippen LogP contribution in [-0.4, -0.2) is 18.5 Å². The average Bonchev–Trinajstić information content (AvgIpc) is 2.25. The summed E-state index contributed by atoms with van der Waals surface area (Å²) in [5.41, 5.74) is 6.80. The van der Waals surface area contributed by atoms with Crippen molar-refractivity contribution in [2.75, 3.05) is 6.54 Å². The predicted molar refractivity (Wildman–Crippen MR) is 61.7 cm³/mol. The number of carbonyl (C=O) groups is 1. The highest BCUT2D eigenvalue weighted by atomic mass is 19.1. The van der Waals surface area contributed by atoms with Gasteiger partial charge in [-0.2, -0.15) is 0 Å². The molecule has 0 heterocycles. The van der Waals surface area contributed by atoms with Gasteiger partial charge in [-0.15, -0.1) is 0 Å². The lowest BCUT2D eigenvalue weighted by molar-refractivity contribution is 0.0950. The van der Waals surface area contributed by atoms with Gasteiger partial charge in [-0.25, -0.2) is 4.39 Å². The first kappa shape index (κ1) is 12.6. The third-order valence-electron chi connectivity index (χ3n) is 2.48. The Morgan fingerprint density at radius 3 is 2.81 bits per heavy atom. The molecule has 0 spiro atoms. The number of aryl methyl sites for hydroxylation is 1. The Labute approximate surface area is 94.8 Å². The summed E-state index contributed by atoms with van der Waals surface area (Å²) in [6.07, 6.45) is 0.808. The molecule has 1 amide bonds. The lowest BCUT2D eigenvalue weighted by Crippen LogP contribution is -2.36. The number of carbonyl (C=O) groups excluding carboxylic acids is 1. The van der Waals surface area contributed by atoms with Crippen LogP contribution in [0.15, 0.2) is 18.2 Å². The monoisotopic (exact) mass is 224 g/mol. The van der Waals surface area contributed by atoms with Gasteiger partial charge in [0.15, 0.2) is 0 Å². The van der Waals surface area contributed by atoms with Gasteiger partial charge in [0.1, 0.15) is 5.82 Å². The van der Waals surface area contributed by atoms with Crippen molar-refractivity contribution in [1.82, 2.24) is 5.32 Å². The highest BCUT2D eigenvalue weighted by Crippen LogP contribution is 2.09. The minimum atomic E-state index is -0.334. The van der Waals surface area contributed by atoms with Crippen LogP contribution in [0.2, 0.25) is 0 Å². The summed E-state index contributed by atoms with van der Waals surface area (Å²) in [5, 5.41) is 2.72. The molecule has 1 unspecified atom stereocenters. The van der Waals surface area contributed by atoms with E-state index in [4.69, 9.17) is 5.73 Å². The van der Waals surface area contributed by atoms with Gasteiger partial charge in [0, 0.05) is 18.2 Å². The first-order valence-electron chi connectivity index (χ1n) is 5.34. The Hall–Kier alpha value is -1.42. The van der Waals surface area contributed by atoms with Crippen LogP contribution in [0.25, 0.3) is 0 Å². The highest BCUT2D eigenvalue weighted by molar-refractivity contribution is 5.95. The zero-order valence-corrected chi connectivity index (χ0v) is 9.59. The number of hydrogen-bond donors (Lipinski definition) is 2. The molecule has 0 bridgehead atoms. The van der Waals surface area contributed by atoms with Crippen LogP contribution in [0.3, 0.4) is 0 Å². The van der Waals surface area contributed by atoms with Gasteiger partial charge < -0.3 is 11.1 Å². The van der Waals surface area contributed by atoms with Crippen LogP contribution < -0.4 is 11.1 Å². The third kappa shape index (κ3) is 3.31. The number of halogens is 1. The summed E-state index contributed by atoms with van der Waals surface area (Å²) in [6.45, 7) is 4.10. The summed E-state index contributed by atoms with van der Waals surface area (Å²) in [5.74, 6) is -0.541. The molecule has 0 aromatic heterocycles. The number of hydrogen-bond acceptors (Lipinski definition) is 2. The first-order valence-corrected chi connectivity index (χ1v) is 5.34. The maximum absolute atomic E-state index is 12.8. The molecule has 3 nitrogen and oxygen atoms in total. The van der Waals surface area contributed by atoms with Crippen molar-refractivity contribution in [3.8, 4) is 0 Å². The molecule has 88 valence electrons. The number of nitrogens with two attached hydrogens (primary N) is 1. The van der Waals surface area contributed by atoms with E-state index in [1.165, 1.54) is 18.2 Å². The third-order valence-corrected chi connectivity index (χ3v) is 2.48. The van der Waals surface area contributed by atoms with Gasteiger partial charge in [0.2, 0.25) is 0 Å². The highest BCUT2D eigenvalue weighted by Gasteiger charge is 2.10. The molecule has 0 saturated carbocycles. The van der Waals surface area contributed by atoms with E-state index in [0.717, 1.165) is 6.42 Å². The zero-order valence-electron chi connectivity index (χ0n) is 9.59. The van der Waals surface area contributed by atoms with Crippen molar-refractivity contribution in [3.63, 3.8) is 0 Å². The topological polar surface area (TPSA) is 55.1 Å². The van der Waals surface area contributed by atoms with Crippen molar-refractivity contribution in [2.24, 2.45) is 5.73 Å². The standard InChI is InChI=1S/C12H17FN2O/c1-3-10(14)7-15-12(16)11-5-4-9(13)6-8(11)2/h4-6,10H,3,7,14H2,1-2H3,(H,15,16). The van der Waals surface area contributed by atoms with Crippen LogP contribution in [-0.2, 0) is 0 Å². The van der Waals surface area contributed by atoms with Crippen LogP contribution in [0.1, 0.15) is 29.3 Å². The van der Waals surface area contributed by atoms with Crippen molar-refractivity contribution in [2.45, 2.75) is 26.3 Å². The summed E-state index contributed by atoms with van der Waals surface area (Å²) in [4.78, 5) is 11.7. The molecule has 16 heavy (non-hydrogen) atoms. The van der Waals surface area contributed by atoms with Gasteiger partial charge >= 0.3 is 0 Å². The molecule has 0 radical (unpaired) electrons. The van der Waals surface area contributed by atoms with Crippen molar-refractivity contribution >= 4 is 5.91 Å². The molecule has 4 heteroatoms. The Morgan fingerprint density at radius 2 is 2.25 bits per heavy atom. The van der Waals surface area contributed by atoms with Gasteiger partial charge in [0.05, 0.1) is 0 Å². The number of rotatable bonds is 4. The molecule has 0 fully saturated rings. The number of amides is 1. The van der Waals surface area contributed by atoms with E-state index in [-0.39, 0.29) is 17.8 Å². The number of nitrogens with one attached hydrogen (secondary N) is 1. The van der Waals surface area contributed by atoms with Crippen molar-refractivity contribution in [3.05, 3.63) is 35.1 Å². The fourth-order valence-corrected chi connectivity index (χ4v) is 1.35. The minimum Gasteiger partial charge on any atom is -0.350 e. The molecule has 1 rings (SSSR count). The molecule has 0 saturated heterocycles. The second kappa shape index (κ2) is 5.61. The summed E-state index contributed by atoms with van der Waals surface area (Å²) < 4.78 is 12.8. The van der Waals surface area contributed by atoms with E-state index in [0.29, 0.717) is 17.7 Å². The Kier molecular flexibility index (Phi) is 4.43. The van der Waals surface area contributed by atoms with E-state index in [2.05, 4.69) is 5.32 Å². The van der Waals surface area contributed by atoms with E-state index in [9.17, 15) is 9.18 Å². The van der Waals surface area contributed by atoms with Gasteiger partial charge in [0.25, 0.3) is 5.91 Å². The Balaban J connectivity index is 2.66. The molecule has 3 N–H and O–H groups in total. The summed E-state index contributed by atoms with van der Waals surface area (Å²) in [6, 6.07) is 4.07. The fraction of sp³-hybridized carbons (Fsp3) is 0.417. The van der Waals surface area contributed by atoms with Crippen LogP contribution >= 0.6 is 0 Å². The molecule has 0 aliphatic heterocycles. The van der Waals surface area contributed by atoms with E-state index < -0.39 is 0 Å². The number of benzene rings is 1. The maximum atomic E-state index is 12.8. The lowest BCUT2D eigenvalue weighted by atomic mass is 10.1. The first-order chi connectivity index (χ1) is 7.54. The molecule has 0 aliphatic carbocycles. The fourth-order valence-electron chi connectivity index (χ4n) is 1.35. The van der Waals surface area contributed by atoms with Crippen LogP contribution in [0, 0.1) is 12.7 Å². The van der Waals surface area contributed by atoms with Gasteiger partial charge in [-0.3, -0.25) is 4.79 Å². The normalized spacial score (nSPS) is 12.2. The molecule has 0 aliphatic rings. The van der Waals surface area contributed by atoms with E-state index >= 15 is 0 Å². The molecule has 1 aromatic carbocycles. The van der Waals surface area contributed by atoms with Gasteiger partial charge in [-0.05, 0) is 37.1 Å². The van der Waals surface area contributed by atoms with Crippen molar-refractivity contribution in [1.29, 1.82) is 0 Å². The second-order valence-corrected chi connectivity index (χ2v) is 3.84. The largest absolute Gasteiger partial charge is 0.350 e. The Morgan fingerprint density at radius 1 is 1.56 bits per heavy atom. The minimum absolute atomic E-state index is 0.0373. The summed E-state index contributed by atoms with van der Waals surface area (Å²) >= 11 is 0. The van der Waals surface area contributed by atoms with Crippen molar-refractivity contribution < 1.29 is 9.18 Å². The van der Waals surface area contributed by atoms with E-state index in [1.54, 1.807) is 6.92 Å². The van der Waals surface area contributed by atoms with Gasteiger partial charge in [-0.1, -0.05) is 6.92 Å². The smallest absolute Gasteiger partial charge is 0.251 e. The zero-order chi connectivity index (χ0) is 12.1. The predicted octanol–water partition coefficient (Wildman–Crippen LogP) is 1.60. The summed E-state index contributed by atoms with van der Waals surface area (Å²) in [7, 11) is 0. The quantitative estimate of drug-likeness (QED) is 0.816. The second-order valence-electron chi connectivity index (χ2n) is 3.84. The molecule has 1 aromatic rings. The molecular formula is C12H17FN2O. The Bertz CT molecular complexity index is 379. The maximum Gasteiger partial charge on any atom is 0.251 e. The molecule has 1 atom stereocenters. The van der Waals surface area contributed by atoms with Crippen LogP contribution in [0.5, 0.6) is 0 Å². The molecular weight excluding hydrogens is 207 g/mol. The lowest BCUT2D eigenvalue weighted by Gasteiger charge is -2.11. The van der Waals surface area contributed by atoms with E-state index in [1.807, 2.05) is 6.92 Å². The van der Waals surface area contributed by atoms with Crippen LogP contribution in [0.4, 0.5) is 4.39 Å². The SMILES string of the molecule is CCC(N)CNC(=O)c1ccc(F)cc1C. The average molecular weight is 224 g/mol.